The highest BCUT2D eigenvalue weighted by atomic mass is 35.5. The van der Waals surface area contributed by atoms with Crippen LogP contribution in [-0.4, -0.2) is 31.0 Å². The second-order valence-corrected chi connectivity index (χ2v) is 8.35. The van der Waals surface area contributed by atoms with Gasteiger partial charge in [-0.1, -0.05) is 17.7 Å². The van der Waals surface area contributed by atoms with Crippen molar-refractivity contribution in [3.63, 3.8) is 0 Å². The predicted octanol–water partition coefficient (Wildman–Crippen LogP) is 6.31. The van der Waals surface area contributed by atoms with Crippen LogP contribution in [0.4, 0.5) is 41.0 Å². The lowest BCUT2D eigenvalue weighted by Gasteiger charge is -2.14. The minimum absolute atomic E-state index is 0.0622. The summed E-state index contributed by atoms with van der Waals surface area (Å²) in [7, 11) is 0. The van der Waals surface area contributed by atoms with Crippen molar-refractivity contribution in [1.29, 1.82) is 0 Å². The number of urea groups is 1. The smallest absolute Gasteiger partial charge is 0.324 e. The van der Waals surface area contributed by atoms with Crippen molar-refractivity contribution in [2.24, 2.45) is 0 Å². The van der Waals surface area contributed by atoms with Crippen LogP contribution < -0.4 is 16.0 Å². The molecule has 0 spiro atoms. The van der Waals surface area contributed by atoms with Gasteiger partial charge >= 0.3 is 12.2 Å². The second-order valence-electron chi connectivity index (χ2n) is 7.95. The molecule has 0 radical (unpaired) electrons. The van der Waals surface area contributed by atoms with Crippen molar-refractivity contribution in [2.75, 3.05) is 16.0 Å². The highest BCUT2D eigenvalue weighted by Gasteiger charge is 2.33. The molecule has 0 aliphatic heterocycles. The van der Waals surface area contributed by atoms with Crippen LogP contribution in [0.15, 0.2) is 48.7 Å². The molecule has 190 valence electrons. The molecule has 37 heavy (non-hydrogen) atoms. The second kappa shape index (κ2) is 10.3. The number of aryl methyl sites for hydroxylation is 3. The number of aromatic nitrogens is 5. The van der Waals surface area contributed by atoms with Crippen LogP contribution in [0.25, 0.3) is 11.5 Å². The lowest BCUT2D eigenvalue weighted by atomic mass is 10.2. The molecule has 3 N–H and O–H groups in total. The van der Waals surface area contributed by atoms with Crippen LogP contribution in [0, 0.1) is 20.8 Å². The summed E-state index contributed by atoms with van der Waals surface area (Å²) < 4.78 is 39.3. The maximum absolute atomic E-state index is 13.1. The maximum atomic E-state index is 13.1. The molecular formula is C24H20ClF3N8O. The number of carbonyl (C=O) groups is 1. The van der Waals surface area contributed by atoms with Crippen LogP contribution in [0.2, 0.25) is 5.02 Å². The first-order valence-corrected chi connectivity index (χ1v) is 11.2. The average molecular weight is 529 g/mol. The number of halogens is 4. The van der Waals surface area contributed by atoms with Gasteiger partial charge in [-0.25, -0.2) is 19.7 Å². The van der Waals surface area contributed by atoms with Crippen molar-refractivity contribution in [3.05, 3.63) is 76.5 Å². The summed E-state index contributed by atoms with van der Waals surface area (Å²) in [6.45, 7) is 5.33. The number of hydrogen-bond donors (Lipinski definition) is 3. The molecule has 0 saturated heterocycles. The van der Waals surface area contributed by atoms with Gasteiger partial charge in [0, 0.05) is 23.3 Å². The Hall–Kier alpha value is -4.32. The van der Waals surface area contributed by atoms with Crippen molar-refractivity contribution >= 4 is 40.6 Å². The standard InChI is InChI=1S/C24H20ClF3N8O/c1-12-4-5-16(34-23(37)33-15-6-7-18(25)17(10-15)24(26,27)28)11-20(12)35-22-32-14(3)31-21(36-22)19-8-9-29-13(2)30-19/h4-11H,1-3H3,(H2,33,34,37)(H,31,32,35,36). The first kappa shape index (κ1) is 25.8. The molecule has 0 saturated carbocycles. The van der Waals surface area contributed by atoms with E-state index < -0.39 is 22.8 Å². The summed E-state index contributed by atoms with van der Waals surface area (Å²) in [4.78, 5) is 34.0. The van der Waals surface area contributed by atoms with E-state index >= 15 is 0 Å². The van der Waals surface area contributed by atoms with Crippen molar-refractivity contribution in [1.82, 2.24) is 24.9 Å². The minimum atomic E-state index is -4.65. The zero-order valence-corrected chi connectivity index (χ0v) is 20.5. The number of benzene rings is 2. The lowest BCUT2D eigenvalue weighted by Crippen LogP contribution is -2.20. The summed E-state index contributed by atoms with van der Waals surface area (Å²) in [5.74, 6) is 1.68. The molecule has 2 aromatic carbocycles. The highest BCUT2D eigenvalue weighted by Crippen LogP contribution is 2.36. The molecule has 0 unspecified atom stereocenters. The molecule has 2 heterocycles. The Bertz CT molecular complexity index is 1480. The van der Waals surface area contributed by atoms with Crippen LogP contribution in [-0.2, 0) is 6.18 Å². The molecule has 0 fully saturated rings. The number of alkyl halides is 3. The highest BCUT2D eigenvalue weighted by molar-refractivity contribution is 6.31. The number of carbonyl (C=O) groups excluding carboxylic acids is 1. The number of rotatable bonds is 5. The van der Waals surface area contributed by atoms with Gasteiger partial charge in [0.2, 0.25) is 5.95 Å². The summed E-state index contributed by atoms with van der Waals surface area (Å²) in [6.07, 6.45) is -3.04. The van der Waals surface area contributed by atoms with E-state index in [0.29, 0.717) is 34.5 Å². The Morgan fingerprint density at radius 1 is 0.865 bits per heavy atom. The van der Waals surface area contributed by atoms with Gasteiger partial charge in [0.25, 0.3) is 0 Å². The van der Waals surface area contributed by atoms with Gasteiger partial charge in [0.05, 0.1) is 10.6 Å². The average Bonchev–Trinajstić information content (AvgIpc) is 2.81. The third kappa shape index (κ3) is 6.47. The van der Waals surface area contributed by atoms with Crippen LogP contribution in [0.5, 0.6) is 0 Å². The zero-order valence-electron chi connectivity index (χ0n) is 19.8. The van der Waals surface area contributed by atoms with Crippen molar-refractivity contribution in [3.8, 4) is 11.5 Å². The van der Waals surface area contributed by atoms with Gasteiger partial charge < -0.3 is 16.0 Å². The van der Waals surface area contributed by atoms with E-state index in [2.05, 4.69) is 40.9 Å². The number of amides is 2. The third-order valence-electron chi connectivity index (χ3n) is 5.02. The fourth-order valence-electron chi connectivity index (χ4n) is 3.30. The van der Waals surface area contributed by atoms with Crippen molar-refractivity contribution < 1.29 is 18.0 Å². The normalized spacial score (nSPS) is 11.2. The molecule has 0 aliphatic carbocycles. The molecule has 0 bridgehead atoms. The quantitative estimate of drug-likeness (QED) is 0.277. The molecule has 4 rings (SSSR count). The monoisotopic (exact) mass is 528 g/mol. The van der Waals surface area contributed by atoms with E-state index in [1.54, 1.807) is 44.3 Å². The van der Waals surface area contributed by atoms with Crippen molar-refractivity contribution in [2.45, 2.75) is 26.9 Å². The maximum Gasteiger partial charge on any atom is 0.417 e. The molecule has 0 aliphatic rings. The van der Waals surface area contributed by atoms with E-state index in [1.165, 1.54) is 6.07 Å². The molecule has 0 atom stereocenters. The van der Waals surface area contributed by atoms with E-state index in [4.69, 9.17) is 11.6 Å². The van der Waals surface area contributed by atoms with E-state index in [1.807, 2.05) is 6.92 Å². The van der Waals surface area contributed by atoms with E-state index in [9.17, 15) is 18.0 Å². The number of anilines is 4. The first-order chi connectivity index (χ1) is 17.5. The molecule has 2 amide bonds. The number of hydrogen-bond acceptors (Lipinski definition) is 7. The summed E-state index contributed by atoms with van der Waals surface area (Å²) in [5, 5.41) is 7.63. The van der Waals surface area contributed by atoms with Gasteiger partial charge in [0.1, 0.15) is 17.3 Å². The molecule has 9 nitrogen and oxygen atoms in total. The molecule has 2 aromatic heterocycles. The molecule has 4 aromatic rings. The summed E-state index contributed by atoms with van der Waals surface area (Å²) in [5.41, 5.74) is 1.24. The van der Waals surface area contributed by atoms with Crippen LogP contribution in [0.1, 0.15) is 22.8 Å². The number of nitrogens with zero attached hydrogens (tertiary/aromatic N) is 5. The predicted molar refractivity (Wildman–Crippen MR) is 134 cm³/mol. The zero-order chi connectivity index (χ0) is 26.7. The number of nitrogens with one attached hydrogen (secondary N) is 3. The summed E-state index contributed by atoms with van der Waals surface area (Å²) in [6, 6.07) is 9.12. The van der Waals surface area contributed by atoms with Gasteiger partial charge in [-0.2, -0.15) is 23.1 Å². The summed E-state index contributed by atoms with van der Waals surface area (Å²) >= 11 is 5.63. The fourth-order valence-corrected chi connectivity index (χ4v) is 3.53. The van der Waals surface area contributed by atoms with Crippen LogP contribution in [0.3, 0.4) is 0 Å². The first-order valence-electron chi connectivity index (χ1n) is 10.8. The Kier molecular flexibility index (Phi) is 7.21. The fraction of sp³-hybridized carbons (Fsp3) is 0.167. The van der Waals surface area contributed by atoms with Gasteiger partial charge in [0.15, 0.2) is 5.82 Å². The molecule has 13 heteroatoms. The third-order valence-corrected chi connectivity index (χ3v) is 5.35. The Labute approximate surface area is 214 Å². The largest absolute Gasteiger partial charge is 0.417 e. The van der Waals surface area contributed by atoms with Crippen LogP contribution >= 0.6 is 11.6 Å². The SMILES string of the molecule is Cc1nccc(-c2nc(C)nc(Nc3cc(NC(=O)Nc4ccc(Cl)c(C(F)(F)F)c4)ccc3C)n2)n1. The van der Waals surface area contributed by atoms with E-state index in [0.717, 1.165) is 17.7 Å². The lowest BCUT2D eigenvalue weighted by molar-refractivity contribution is -0.137. The Morgan fingerprint density at radius 3 is 2.27 bits per heavy atom. The van der Waals surface area contributed by atoms with Gasteiger partial charge in [-0.3, -0.25) is 0 Å². The van der Waals surface area contributed by atoms with Gasteiger partial charge in [-0.15, -0.1) is 0 Å². The van der Waals surface area contributed by atoms with E-state index in [-0.39, 0.29) is 11.6 Å². The topological polar surface area (TPSA) is 118 Å². The molecular weight excluding hydrogens is 509 g/mol. The Morgan fingerprint density at radius 2 is 1.57 bits per heavy atom. The minimum Gasteiger partial charge on any atom is -0.324 e. The Balaban J connectivity index is 1.51. The van der Waals surface area contributed by atoms with Gasteiger partial charge in [-0.05, 0) is 62.7 Å².